The summed E-state index contributed by atoms with van der Waals surface area (Å²) in [6, 6.07) is 8.25. The molecule has 0 saturated heterocycles. The molecule has 0 bridgehead atoms. The summed E-state index contributed by atoms with van der Waals surface area (Å²) in [7, 11) is -4.10. The summed E-state index contributed by atoms with van der Waals surface area (Å²) in [6.45, 7) is 0. The number of hydrogen-bond acceptors (Lipinski definition) is 3. The molecule has 0 fully saturated rings. The van der Waals surface area contributed by atoms with Gasteiger partial charge in [0.1, 0.15) is 11.6 Å². The molecular formula is C17H13F2NO4S. The van der Waals surface area contributed by atoms with Crippen LogP contribution in [-0.4, -0.2) is 19.5 Å². The number of sulfonamides is 1. The largest absolute Gasteiger partial charge is 0.478 e. The van der Waals surface area contributed by atoms with Gasteiger partial charge in [-0.25, -0.2) is 22.0 Å². The molecular weight excluding hydrogens is 352 g/mol. The SMILES string of the molecule is O=C(O)c1cc(NS(=O)(=O)C2=Cc3ccccc3CC2)c(F)cc1F. The second kappa shape index (κ2) is 6.29. The smallest absolute Gasteiger partial charge is 0.338 e. The number of carbonyl (C=O) groups is 1. The summed E-state index contributed by atoms with van der Waals surface area (Å²) < 4.78 is 54.3. The number of hydrogen-bond donors (Lipinski definition) is 2. The monoisotopic (exact) mass is 365 g/mol. The van der Waals surface area contributed by atoms with Crippen LogP contribution in [0.2, 0.25) is 0 Å². The molecule has 0 amide bonds. The van der Waals surface area contributed by atoms with Crippen LogP contribution in [0.15, 0.2) is 41.3 Å². The highest BCUT2D eigenvalue weighted by atomic mass is 32.2. The summed E-state index contributed by atoms with van der Waals surface area (Å²) in [6.07, 6.45) is 2.22. The topological polar surface area (TPSA) is 83.5 Å². The van der Waals surface area contributed by atoms with E-state index < -0.39 is 38.9 Å². The normalized spacial score (nSPS) is 13.8. The molecule has 0 heterocycles. The number of carboxylic acid groups (broad SMARTS) is 1. The Bertz CT molecular complexity index is 1000. The molecule has 1 aliphatic carbocycles. The van der Waals surface area contributed by atoms with Gasteiger partial charge in [-0.05, 0) is 36.1 Å². The maximum absolute atomic E-state index is 13.9. The van der Waals surface area contributed by atoms with Gasteiger partial charge in [0, 0.05) is 6.07 Å². The van der Waals surface area contributed by atoms with Crippen LogP contribution in [0.25, 0.3) is 6.08 Å². The molecule has 0 aliphatic heterocycles. The second-order valence-electron chi connectivity index (χ2n) is 5.53. The van der Waals surface area contributed by atoms with Crippen molar-refractivity contribution in [2.75, 3.05) is 4.72 Å². The Morgan fingerprint density at radius 1 is 1.08 bits per heavy atom. The molecule has 0 spiro atoms. The zero-order valence-electron chi connectivity index (χ0n) is 12.8. The lowest BCUT2D eigenvalue weighted by Gasteiger charge is -2.18. The van der Waals surface area contributed by atoms with Crippen molar-refractivity contribution in [3.63, 3.8) is 0 Å². The highest BCUT2D eigenvalue weighted by molar-refractivity contribution is 7.96. The van der Waals surface area contributed by atoms with Crippen molar-refractivity contribution in [2.24, 2.45) is 0 Å². The Morgan fingerprint density at radius 3 is 2.52 bits per heavy atom. The van der Waals surface area contributed by atoms with E-state index >= 15 is 0 Å². The third kappa shape index (κ3) is 3.39. The van der Waals surface area contributed by atoms with E-state index in [0.717, 1.165) is 11.1 Å². The number of carboxylic acids is 1. The van der Waals surface area contributed by atoms with Crippen molar-refractivity contribution in [3.8, 4) is 0 Å². The van der Waals surface area contributed by atoms with E-state index in [-0.39, 0.29) is 11.3 Å². The minimum atomic E-state index is -4.10. The first-order valence-electron chi connectivity index (χ1n) is 7.31. The summed E-state index contributed by atoms with van der Waals surface area (Å²) in [5, 5.41) is 8.89. The lowest BCUT2D eigenvalue weighted by Crippen LogP contribution is -2.19. The number of benzene rings is 2. The molecule has 3 rings (SSSR count). The molecule has 130 valence electrons. The Morgan fingerprint density at radius 2 is 1.80 bits per heavy atom. The minimum Gasteiger partial charge on any atom is -0.478 e. The van der Waals surface area contributed by atoms with Crippen LogP contribution in [0.3, 0.4) is 0 Å². The van der Waals surface area contributed by atoms with Gasteiger partial charge in [0.2, 0.25) is 0 Å². The molecule has 0 radical (unpaired) electrons. The Kier molecular flexibility index (Phi) is 4.30. The van der Waals surface area contributed by atoms with E-state index in [0.29, 0.717) is 18.6 Å². The van der Waals surface area contributed by atoms with Crippen LogP contribution in [0.4, 0.5) is 14.5 Å². The van der Waals surface area contributed by atoms with Gasteiger partial charge >= 0.3 is 5.97 Å². The molecule has 0 aromatic heterocycles. The number of halogens is 2. The van der Waals surface area contributed by atoms with E-state index in [1.54, 1.807) is 12.1 Å². The molecule has 8 heteroatoms. The van der Waals surface area contributed by atoms with Gasteiger partial charge in [0.15, 0.2) is 0 Å². The Balaban J connectivity index is 1.97. The summed E-state index contributed by atoms with van der Waals surface area (Å²) in [5.74, 6) is -4.09. The average molecular weight is 365 g/mol. The van der Waals surface area contributed by atoms with Gasteiger partial charge in [0.25, 0.3) is 10.0 Å². The first-order valence-corrected chi connectivity index (χ1v) is 8.80. The molecule has 25 heavy (non-hydrogen) atoms. The zero-order chi connectivity index (χ0) is 18.2. The predicted octanol–water partition coefficient (Wildman–Crippen LogP) is 3.39. The lowest BCUT2D eigenvalue weighted by atomic mass is 9.98. The van der Waals surface area contributed by atoms with Gasteiger partial charge in [-0.2, -0.15) is 0 Å². The fourth-order valence-corrected chi connectivity index (χ4v) is 3.85. The van der Waals surface area contributed by atoms with Crippen molar-refractivity contribution >= 4 is 27.8 Å². The van der Waals surface area contributed by atoms with Crippen molar-refractivity contribution in [1.82, 2.24) is 0 Å². The number of allylic oxidation sites excluding steroid dienone is 1. The number of nitrogens with one attached hydrogen (secondary N) is 1. The molecule has 2 aromatic rings. The van der Waals surface area contributed by atoms with Crippen molar-refractivity contribution < 1.29 is 27.1 Å². The van der Waals surface area contributed by atoms with Gasteiger partial charge < -0.3 is 5.11 Å². The fraction of sp³-hybridized carbons (Fsp3) is 0.118. The van der Waals surface area contributed by atoms with Gasteiger partial charge in [-0.3, -0.25) is 4.72 Å². The van der Waals surface area contributed by atoms with E-state index in [9.17, 15) is 22.0 Å². The van der Waals surface area contributed by atoms with E-state index in [2.05, 4.69) is 0 Å². The standard InChI is InChI=1S/C17H13F2NO4S/c18-14-9-15(19)16(8-13(14)17(21)22)20-25(23,24)12-6-5-10-3-1-2-4-11(10)7-12/h1-4,7-9,20H,5-6H2,(H,21,22). The highest BCUT2D eigenvalue weighted by Gasteiger charge is 2.24. The average Bonchev–Trinajstić information content (AvgIpc) is 2.56. The van der Waals surface area contributed by atoms with Crippen LogP contribution >= 0.6 is 0 Å². The predicted molar refractivity (Wildman–Crippen MR) is 88.6 cm³/mol. The Labute approximate surface area is 142 Å². The Hall–Kier alpha value is -2.74. The van der Waals surface area contributed by atoms with Gasteiger partial charge in [-0.1, -0.05) is 24.3 Å². The van der Waals surface area contributed by atoms with Crippen LogP contribution < -0.4 is 4.72 Å². The van der Waals surface area contributed by atoms with Crippen molar-refractivity contribution in [3.05, 3.63) is 69.6 Å². The van der Waals surface area contributed by atoms with Crippen LogP contribution in [-0.2, 0) is 16.4 Å². The quantitative estimate of drug-likeness (QED) is 0.870. The molecule has 0 atom stereocenters. The fourth-order valence-electron chi connectivity index (χ4n) is 2.62. The van der Waals surface area contributed by atoms with Gasteiger partial charge in [-0.15, -0.1) is 0 Å². The minimum absolute atomic E-state index is 0.0480. The summed E-state index contributed by atoms with van der Waals surface area (Å²) in [4.78, 5) is 11.0. The molecule has 2 aromatic carbocycles. The molecule has 1 aliphatic rings. The molecule has 0 unspecified atom stereocenters. The van der Waals surface area contributed by atoms with E-state index in [1.165, 1.54) is 6.08 Å². The number of fused-ring (bicyclic) bond motifs is 1. The number of aromatic carboxylic acids is 1. The maximum Gasteiger partial charge on any atom is 0.338 e. The van der Waals surface area contributed by atoms with Crippen LogP contribution in [0.1, 0.15) is 27.9 Å². The third-order valence-electron chi connectivity index (χ3n) is 3.89. The maximum atomic E-state index is 13.9. The molecule has 2 N–H and O–H groups in total. The van der Waals surface area contributed by atoms with Crippen LogP contribution in [0.5, 0.6) is 0 Å². The van der Waals surface area contributed by atoms with E-state index in [4.69, 9.17) is 5.11 Å². The van der Waals surface area contributed by atoms with E-state index in [1.807, 2.05) is 16.9 Å². The van der Waals surface area contributed by atoms with Gasteiger partial charge in [0.05, 0.1) is 16.2 Å². The third-order valence-corrected chi connectivity index (χ3v) is 5.39. The van der Waals surface area contributed by atoms with Crippen LogP contribution in [0, 0.1) is 11.6 Å². The van der Waals surface area contributed by atoms with Crippen molar-refractivity contribution in [2.45, 2.75) is 12.8 Å². The first kappa shape index (κ1) is 17.1. The second-order valence-corrected chi connectivity index (χ2v) is 7.27. The summed E-state index contributed by atoms with van der Waals surface area (Å²) in [5.41, 5.74) is 0.322. The lowest BCUT2D eigenvalue weighted by molar-refractivity contribution is 0.0692. The molecule has 5 nitrogen and oxygen atoms in total. The number of rotatable bonds is 4. The van der Waals surface area contributed by atoms with Crippen molar-refractivity contribution in [1.29, 1.82) is 0 Å². The first-order chi connectivity index (χ1) is 11.8. The number of aryl methyl sites for hydroxylation is 1. The number of anilines is 1. The zero-order valence-corrected chi connectivity index (χ0v) is 13.6. The molecule has 0 saturated carbocycles. The summed E-state index contributed by atoms with van der Waals surface area (Å²) >= 11 is 0. The highest BCUT2D eigenvalue weighted by Crippen LogP contribution is 2.29.